The third-order valence-electron chi connectivity index (χ3n) is 2.67. The molecule has 0 saturated carbocycles. The number of nitrogens with two attached hydrogens (primary N) is 1. The van der Waals surface area contributed by atoms with Crippen LogP contribution in [0.5, 0.6) is 0 Å². The Morgan fingerprint density at radius 2 is 1.80 bits per heavy atom. The minimum absolute atomic E-state index is 0. The van der Waals surface area contributed by atoms with Crippen LogP contribution in [0.1, 0.15) is 5.56 Å². The SMILES string of the molecule is Nc1c(CC(=O)[O-])cccc1Nc1ccccc1Cl.[Na+]. The summed E-state index contributed by atoms with van der Waals surface area (Å²) in [6.07, 6.45) is -0.218. The molecule has 98 valence electrons. The fourth-order valence-electron chi connectivity index (χ4n) is 1.74. The van der Waals surface area contributed by atoms with E-state index >= 15 is 0 Å². The topological polar surface area (TPSA) is 78.2 Å². The number of aliphatic carboxylic acids is 1. The fraction of sp³-hybridized carbons (Fsp3) is 0.0714. The van der Waals surface area contributed by atoms with Crippen molar-refractivity contribution in [1.29, 1.82) is 0 Å². The largest absolute Gasteiger partial charge is 1.00 e. The Labute approximate surface area is 144 Å². The standard InChI is InChI=1S/C14H13ClN2O2.Na/c15-10-5-1-2-6-11(10)17-12-7-3-4-9(14(12)16)8-13(18)19;/h1-7,17H,8,16H2,(H,18,19);/q;+1/p-1. The molecular formula is C14H12ClN2NaO2. The number of benzene rings is 2. The zero-order chi connectivity index (χ0) is 13.8. The Hall–Kier alpha value is -1.20. The van der Waals surface area contributed by atoms with Gasteiger partial charge in [-0.1, -0.05) is 35.9 Å². The van der Waals surface area contributed by atoms with Gasteiger partial charge in [-0.25, -0.2) is 0 Å². The van der Waals surface area contributed by atoms with E-state index in [1.807, 2.05) is 18.2 Å². The van der Waals surface area contributed by atoms with Crippen LogP contribution in [0.3, 0.4) is 0 Å². The van der Waals surface area contributed by atoms with E-state index in [2.05, 4.69) is 5.32 Å². The van der Waals surface area contributed by atoms with Crippen LogP contribution in [0.15, 0.2) is 42.5 Å². The van der Waals surface area contributed by atoms with Crippen molar-refractivity contribution >= 4 is 34.6 Å². The number of nitrogens with one attached hydrogen (secondary N) is 1. The summed E-state index contributed by atoms with van der Waals surface area (Å²) in [7, 11) is 0. The first-order valence-electron chi connectivity index (χ1n) is 5.66. The average molecular weight is 299 g/mol. The van der Waals surface area contributed by atoms with Crippen LogP contribution < -0.4 is 45.7 Å². The maximum Gasteiger partial charge on any atom is 1.00 e. The quantitative estimate of drug-likeness (QED) is 0.558. The average Bonchev–Trinajstić information content (AvgIpc) is 2.36. The van der Waals surface area contributed by atoms with Gasteiger partial charge in [0, 0.05) is 12.4 Å². The van der Waals surface area contributed by atoms with Gasteiger partial charge in [-0.05, 0) is 23.8 Å². The molecule has 0 bridgehead atoms. The van der Waals surface area contributed by atoms with E-state index in [1.54, 1.807) is 24.3 Å². The maximum absolute atomic E-state index is 10.6. The van der Waals surface area contributed by atoms with Crippen LogP contribution in [0.2, 0.25) is 5.02 Å². The normalized spacial score (nSPS) is 9.65. The van der Waals surface area contributed by atoms with Crippen molar-refractivity contribution in [2.24, 2.45) is 0 Å². The Balaban J connectivity index is 0.00000200. The van der Waals surface area contributed by atoms with Gasteiger partial charge in [-0.2, -0.15) is 0 Å². The van der Waals surface area contributed by atoms with Crippen molar-refractivity contribution in [2.75, 3.05) is 11.1 Å². The number of hydrogen-bond acceptors (Lipinski definition) is 4. The predicted octanol–water partition coefficient (Wildman–Crippen LogP) is -1.04. The van der Waals surface area contributed by atoms with Gasteiger partial charge < -0.3 is 21.0 Å². The van der Waals surface area contributed by atoms with E-state index in [-0.39, 0.29) is 36.0 Å². The Kier molecular flexibility index (Phi) is 6.36. The second kappa shape index (κ2) is 7.55. The van der Waals surface area contributed by atoms with Crippen LogP contribution in [0, 0.1) is 0 Å². The molecule has 0 spiro atoms. The number of rotatable bonds is 4. The number of nitrogen functional groups attached to an aromatic ring is 1. The summed E-state index contributed by atoms with van der Waals surface area (Å²) in [6.45, 7) is 0. The van der Waals surface area contributed by atoms with Gasteiger partial charge in [0.05, 0.1) is 22.1 Å². The summed E-state index contributed by atoms with van der Waals surface area (Å²) in [5, 5.41) is 14.3. The van der Waals surface area contributed by atoms with Crippen molar-refractivity contribution in [3.63, 3.8) is 0 Å². The van der Waals surface area contributed by atoms with Crippen LogP contribution in [-0.4, -0.2) is 5.97 Å². The van der Waals surface area contributed by atoms with Crippen molar-refractivity contribution in [3.05, 3.63) is 53.1 Å². The van der Waals surface area contributed by atoms with Crippen LogP contribution in [-0.2, 0) is 11.2 Å². The molecule has 0 aliphatic carbocycles. The molecule has 0 fully saturated rings. The van der Waals surface area contributed by atoms with Crippen molar-refractivity contribution in [3.8, 4) is 0 Å². The Bertz CT molecular complexity index is 620. The monoisotopic (exact) mass is 298 g/mol. The smallest absolute Gasteiger partial charge is 0.550 e. The molecule has 0 heterocycles. The summed E-state index contributed by atoms with van der Waals surface area (Å²) in [5.41, 5.74) is 8.15. The Morgan fingerprint density at radius 1 is 1.15 bits per heavy atom. The number of hydrogen-bond donors (Lipinski definition) is 2. The second-order valence-corrected chi connectivity index (χ2v) is 4.44. The summed E-state index contributed by atoms with van der Waals surface area (Å²) in [4.78, 5) is 10.6. The molecule has 0 atom stereocenters. The molecule has 0 amide bonds. The molecule has 0 aliphatic rings. The summed E-state index contributed by atoms with van der Waals surface area (Å²) < 4.78 is 0. The first kappa shape index (κ1) is 16.9. The van der Waals surface area contributed by atoms with Crippen LogP contribution >= 0.6 is 11.6 Å². The fourth-order valence-corrected chi connectivity index (χ4v) is 1.92. The first-order valence-corrected chi connectivity index (χ1v) is 6.04. The van der Waals surface area contributed by atoms with E-state index in [0.717, 1.165) is 0 Å². The van der Waals surface area contributed by atoms with E-state index in [0.29, 0.717) is 27.6 Å². The molecule has 3 N–H and O–H groups in total. The molecule has 0 unspecified atom stereocenters. The number of carbonyl (C=O) groups is 1. The zero-order valence-corrected chi connectivity index (χ0v) is 13.8. The summed E-state index contributed by atoms with van der Waals surface area (Å²) in [5.74, 6) is -1.17. The molecule has 0 radical (unpaired) electrons. The molecular weight excluding hydrogens is 287 g/mol. The molecule has 2 aromatic carbocycles. The van der Waals surface area contributed by atoms with Gasteiger partial charge >= 0.3 is 29.6 Å². The second-order valence-electron chi connectivity index (χ2n) is 4.03. The van der Waals surface area contributed by atoms with Gasteiger partial charge in [0.1, 0.15) is 0 Å². The van der Waals surface area contributed by atoms with E-state index in [1.165, 1.54) is 0 Å². The molecule has 0 saturated heterocycles. The molecule has 4 nitrogen and oxygen atoms in total. The van der Waals surface area contributed by atoms with Gasteiger partial charge in [0.15, 0.2) is 0 Å². The number of anilines is 3. The number of carboxylic acid groups (broad SMARTS) is 1. The van der Waals surface area contributed by atoms with Crippen molar-refractivity contribution in [2.45, 2.75) is 6.42 Å². The van der Waals surface area contributed by atoms with Crippen molar-refractivity contribution < 1.29 is 39.5 Å². The third-order valence-corrected chi connectivity index (χ3v) is 3.00. The van der Waals surface area contributed by atoms with Gasteiger partial charge in [0.2, 0.25) is 0 Å². The number of halogens is 1. The molecule has 20 heavy (non-hydrogen) atoms. The molecule has 0 aliphatic heterocycles. The van der Waals surface area contributed by atoms with E-state index in [4.69, 9.17) is 17.3 Å². The Morgan fingerprint density at radius 3 is 2.45 bits per heavy atom. The number of carboxylic acids is 1. The van der Waals surface area contributed by atoms with E-state index in [9.17, 15) is 9.90 Å². The predicted molar refractivity (Wildman–Crippen MR) is 74.3 cm³/mol. The minimum Gasteiger partial charge on any atom is -0.550 e. The first-order chi connectivity index (χ1) is 9.08. The van der Waals surface area contributed by atoms with Crippen LogP contribution in [0.25, 0.3) is 0 Å². The molecule has 6 heteroatoms. The summed E-state index contributed by atoms with van der Waals surface area (Å²) >= 11 is 6.04. The van der Waals surface area contributed by atoms with Gasteiger partial charge in [0.25, 0.3) is 0 Å². The number of carbonyl (C=O) groups excluding carboxylic acids is 1. The molecule has 0 aromatic heterocycles. The molecule has 2 aromatic rings. The maximum atomic E-state index is 10.6. The third kappa shape index (κ3) is 4.15. The van der Waals surface area contributed by atoms with E-state index < -0.39 is 5.97 Å². The van der Waals surface area contributed by atoms with Crippen molar-refractivity contribution in [1.82, 2.24) is 0 Å². The number of para-hydroxylation sites is 2. The molecule has 2 rings (SSSR count). The van der Waals surface area contributed by atoms with Gasteiger partial charge in [-0.3, -0.25) is 0 Å². The van der Waals surface area contributed by atoms with Gasteiger partial charge in [-0.15, -0.1) is 0 Å². The minimum atomic E-state index is -1.17. The summed E-state index contributed by atoms with van der Waals surface area (Å²) in [6, 6.07) is 12.4. The van der Waals surface area contributed by atoms with Crippen LogP contribution in [0.4, 0.5) is 17.1 Å². The zero-order valence-electron chi connectivity index (χ0n) is 11.0.